The van der Waals surface area contributed by atoms with Crippen LogP contribution >= 0.6 is 0 Å². The molecule has 3 heterocycles. The lowest BCUT2D eigenvalue weighted by molar-refractivity contribution is 0.0697. The Morgan fingerprint density at radius 3 is 2.89 bits per heavy atom. The predicted octanol–water partition coefficient (Wildman–Crippen LogP) is 4.10. The molecule has 3 rings (SSSR count). The van der Waals surface area contributed by atoms with Crippen LogP contribution in [0.3, 0.4) is 0 Å². The molecule has 27 heavy (non-hydrogen) atoms. The number of anilines is 2. The minimum atomic E-state index is -1.07. The van der Waals surface area contributed by atoms with Gasteiger partial charge in [0.1, 0.15) is 11.1 Å². The van der Waals surface area contributed by atoms with Crippen LogP contribution in [0, 0.1) is 0 Å². The summed E-state index contributed by atoms with van der Waals surface area (Å²) in [4.78, 5) is 19.8. The zero-order chi connectivity index (χ0) is 19.4. The second-order valence-electron chi connectivity index (χ2n) is 6.10. The maximum absolute atomic E-state index is 11.4. The van der Waals surface area contributed by atoms with Gasteiger partial charge in [0.15, 0.2) is 11.6 Å². The van der Waals surface area contributed by atoms with Crippen LogP contribution < -0.4 is 5.32 Å². The number of allylic oxidation sites excluding steroid dienone is 5. The summed E-state index contributed by atoms with van der Waals surface area (Å²) in [6.07, 6.45) is 10.3. The number of nitrogens with one attached hydrogen (secondary N) is 1. The third-order valence-electron chi connectivity index (χ3n) is 3.71. The average Bonchev–Trinajstić information content (AvgIpc) is 3.10. The van der Waals surface area contributed by atoms with Crippen molar-refractivity contribution in [1.82, 2.24) is 19.6 Å². The second kappa shape index (κ2) is 7.65. The van der Waals surface area contributed by atoms with E-state index in [1.807, 2.05) is 44.2 Å². The van der Waals surface area contributed by atoms with Gasteiger partial charge >= 0.3 is 5.97 Å². The molecule has 0 bridgehead atoms. The second-order valence-corrected chi connectivity index (χ2v) is 6.10. The Morgan fingerprint density at radius 1 is 1.33 bits per heavy atom. The van der Waals surface area contributed by atoms with Crippen molar-refractivity contribution in [2.24, 2.45) is 0 Å². The fourth-order valence-corrected chi connectivity index (χ4v) is 2.40. The van der Waals surface area contributed by atoms with E-state index in [-0.39, 0.29) is 5.56 Å². The first-order valence-corrected chi connectivity index (χ1v) is 8.26. The van der Waals surface area contributed by atoms with E-state index >= 15 is 0 Å². The third-order valence-corrected chi connectivity index (χ3v) is 3.71. The summed E-state index contributed by atoms with van der Waals surface area (Å²) in [5.74, 6) is -0.152. The molecule has 0 unspecified atom stereocenters. The van der Waals surface area contributed by atoms with Crippen molar-refractivity contribution in [3.63, 3.8) is 0 Å². The Morgan fingerprint density at radius 2 is 2.15 bits per heavy atom. The zero-order valence-corrected chi connectivity index (χ0v) is 15.0. The van der Waals surface area contributed by atoms with Crippen LogP contribution in [-0.2, 0) is 0 Å². The lowest BCUT2D eigenvalue weighted by Crippen LogP contribution is -2.08. The molecule has 136 valence electrons. The van der Waals surface area contributed by atoms with Crippen molar-refractivity contribution < 1.29 is 9.90 Å². The van der Waals surface area contributed by atoms with Crippen LogP contribution in [0.15, 0.2) is 67.2 Å². The van der Waals surface area contributed by atoms with Crippen molar-refractivity contribution >= 4 is 28.6 Å². The Labute approximate surface area is 156 Å². The molecular weight excluding hydrogens is 342 g/mol. The number of hydrogen-bond donors (Lipinski definition) is 2. The number of nitrogens with zero attached hydrogens (tertiary/aromatic N) is 4. The lowest BCUT2D eigenvalue weighted by atomic mass is 10.2. The van der Waals surface area contributed by atoms with Gasteiger partial charge in [0.25, 0.3) is 0 Å². The number of aromatic carboxylic acids is 1. The summed E-state index contributed by atoms with van der Waals surface area (Å²) in [6.45, 7) is 8.03. The van der Waals surface area contributed by atoms with Crippen LogP contribution in [0.25, 0.3) is 11.1 Å². The van der Waals surface area contributed by atoms with E-state index in [1.165, 1.54) is 18.0 Å². The summed E-state index contributed by atoms with van der Waals surface area (Å²) < 4.78 is 1.67. The van der Waals surface area contributed by atoms with Gasteiger partial charge < -0.3 is 10.4 Å². The summed E-state index contributed by atoms with van der Waals surface area (Å²) in [7, 11) is 0. The molecule has 0 saturated heterocycles. The first kappa shape index (κ1) is 18.1. The van der Waals surface area contributed by atoms with E-state index in [9.17, 15) is 9.90 Å². The van der Waals surface area contributed by atoms with E-state index < -0.39 is 5.97 Å². The SMILES string of the molecule is C=C(/C=C\C=C(C)C)c1nc(Nc2ccncc2C(=O)O)c2cccn2n1. The van der Waals surface area contributed by atoms with Crippen molar-refractivity contribution in [2.45, 2.75) is 13.8 Å². The highest BCUT2D eigenvalue weighted by atomic mass is 16.4. The minimum absolute atomic E-state index is 0.0599. The highest BCUT2D eigenvalue weighted by Gasteiger charge is 2.14. The van der Waals surface area contributed by atoms with Crippen molar-refractivity contribution in [3.8, 4) is 0 Å². The van der Waals surface area contributed by atoms with Crippen molar-refractivity contribution in [2.75, 3.05) is 5.32 Å². The molecule has 0 amide bonds. The van der Waals surface area contributed by atoms with Gasteiger partial charge in [-0.15, -0.1) is 5.10 Å². The molecule has 0 radical (unpaired) electrons. The van der Waals surface area contributed by atoms with Gasteiger partial charge in [-0.2, -0.15) is 0 Å². The third kappa shape index (κ3) is 4.09. The van der Waals surface area contributed by atoms with E-state index in [2.05, 4.69) is 27.0 Å². The van der Waals surface area contributed by atoms with E-state index in [0.29, 0.717) is 28.4 Å². The van der Waals surface area contributed by atoms with Crippen LogP contribution in [-0.4, -0.2) is 30.7 Å². The molecule has 0 saturated carbocycles. The van der Waals surface area contributed by atoms with Gasteiger partial charge in [-0.05, 0) is 32.0 Å². The Kier molecular flexibility index (Phi) is 5.12. The van der Waals surface area contributed by atoms with Gasteiger partial charge in [-0.25, -0.2) is 14.3 Å². The van der Waals surface area contributed by atoms with Crippen molar-refractivity contribution in [1.29, 1.82) is 0 Å². The number of pyridine rings is 1. The van der Waals surface area contributed by atoms with Gasteiger partial charge in [-0.3, -0.25) is 4.98 Å². The highest BCUT2D eigenvalue weighted by Crippen LogP contribution is 2.24. The Hall–Kier alpha value is -3.74. The van der Waals surface area contributed by atoms with Gasteiger partial charge in [0, 0.05) is 24.2 Å². The highest BCUT2D eigenvalue weighted by molar-refractivity contribution is 5.95. The standard InChI is InChI=1S/C20H19N5O2/c1-13(2)6-4-7-14(3)18-23-19(17-8-5-11-25(17)24-18)22-16-9-10-21-12-15(16)20(26)27/h4-12H,3H2,1-2H3,(H,26,27)(H,21,22,23,24)/b7-4-. The normalized spacial score (nSPS) is 10.9. The monoisotopic (exact) mass is 361 g/mol. The molecule has 0 aliphatic carbocycles. The number of carboxylic acid groups (broad SMARTS) is 1. The molecule has 3 aromatic rings. The van der Waals surface area contributed by atoms with E-state index in [4.69, 9.17) is 0 Å². The molecule has 0 spiro atoms. The molecule has 7 nitrogen and oxygen atoms in total. The van der Waals surface area contributed by atoms with Crippen LogP contribution in [0.1, 0.15) is 30.0 Å². The van der Waals surface area contributed by atoms with Gasteiger partial charge in [-0.1, -0.05) is 30.4 Å². The number of carbonyl (C=O) groups is 1. The quantitative estimate of drug-likeness (QED) is 0.642. The largest absolute Gasteiger partial charge is 0.478 e. The summed E-state index contributed by atoms with van der Waals surface area (Å²) >= 11 is 0. The molecule has 0 fully saturated rings. The fourth-order valence-electron chi connectivity index (χ4n) is 2.40. The van der Waals surface area contributed by atoms with Crippen molar-refractivity contribution in [3.05, 3.63) is 78.6 Å². The first-order valence-electron chi connectivity index (χ1n) is 8.26. The molecular formula is C20H19N5O2. The minimum Gasteiger partial charge on any atom is -0.478 e. The smallest absolute Gasteiger partial charge is 0.339 e. The van der Waals surface area contributed by atoms with Crippen LogP contribution in [0.5, 0.6) is 0 Å². The Bertz CT molecular complexity index is 1070. The molecule has 0 aromatic carbocycles. The summed E-state index contributed by atoms with van der Waals surface area (Å²) in [5.41, 5.74) is 2.98. The van der Waals surface area contributed by atoms with E-state index in [0.717, 1.165) is 0 Å². The number of rotatable bonds is 6. The average molecular weight is 361 g/mol. The zero-order valence-electron chi connectivity index (χ0n) is 15.0. The molecule has 2 N–H and O–H groups in total. The Balaban J connectivity index is 2.02. The lowest BCUT2D eigenvalue weighted by Gasteiger charge is -2.11. The molecule has 7 heteroatoms. The number of aromatic nitrogens is 4. The maximum Gasteiger partial charge on any atom is 0.339 e. The molecule has 3 aromatic heterocycles. The first-order chi connectivity index (χ1) is 13.0. The molecule has 0 aliphatic heterocycles. The molecule has 0 aliphatic rings. The van der Waals surface area contributed by atoms with Gasteiger partial charge in [0.05, 0.1) is 5.69 Å². The maximum atomic E-state index is 11.4. The fraction of sp³-hybridized carbons (Fsp3) is 0.100. The topological polar surface area (TPSA) is 92.4 Å². The van der Waals surface area contributed by atoms with E-state index in [1.54, 1.807) is 16.8 Å². The van der Waals surface area contributed by atoms with Crippen LogP contribution in [0.4, 0.5) is 11.5 Å². The van der Waals surface area contributed by atoms with Crippen LogP contribution in [0.2, 0.25) is 0 Å². The number of hydrogen-bond acceptors (Lipinski definition) is 5. The molecule has 0 atom stereocenters. The number of fused-ring (bicyclic) bond motifs is 1. The van der Waals surface area contributed by atoms with Gasteiger partial charge in [0.2, 0.25) is 0 Å². The number of carboxylic acids is 1. The summed E-state index contributed by atoms with van der Waals surface area (Å²) in [6, 6.07) is 5.27. The summed E-state index contributed by atoms with van der Waals surface area (Å²) in [5, 5.41) is 16.9. The predicted molar refractivity (Wildman–Crippen MR) is 105 cm³/mol.